The Balaban J connectivity index is 1.81. The summed E-state index contributed by atoms with van der Waals surface area (Å²) in [6.07, 6.45) is 8.56. The van der Waals surface area contributed by atoms with E-state index in [1.807, 2.05) is 17.6 Å². The summed E-state index contributed by atoms with van der Waals surface area (Å²) in [7, 11) is 2.07. The van der Waals surface area contributed by atoms with E-state index in [2.05, 4.69) is 29.9 Å². The molecule has 0 aromatic carbocycles. The summed E-state index contributed by atoms with van der Waals surface area (Å²) in [6.45, 7) is 0. The second kappa shape index (κ2) is 5.29. The molecule has 0 saturated heterocycles. The molecule has 1 aliphatic carbocycles. The van der Waals surface area contributed by atoms with Crippen molar-refractivity contribution in [3.8, 4) is 0 Å². The maximum absolute atomic E-state index is 5.18. The van der Waals surface area contributed by atoms with E-state index in [0.29, 0.717) is 12.0 Å². The first-order valence-electron chi connectivity index (χ1n) is 6.63. The fourth-order valence-electron chi connectivity index (χ4n) is 3.05. The van der Waals surface area contributed by atoms with E-state index in [1.165, 1.54) is 24.8 Å². The lowest BCUT2D eigenvalue weighted by Crippen LogP contribution is -2.35. The fourth-order valence-corrected chi connectivity index (χ4v) is 4.04. The number of likely N-dealkylation sites (N-methyl/N-ethyl adjacent to an activating group) is 1. The van der Waals surface area contributed by atoms with Crippen molar-refractivity contribution in [2.45, 2.75) is 37.6 Å². The van der Waals surface area contributed by atoms with Crippen LogP contribution in [0.2, 0.25) is 0 Å². The summed E-state index contributed by atoms with van der Waals surface area (Å²) in [6, 6.07) is 4.90. The third-order valence-corrected chi connectivity index (χ3v) is 4.99. The lowest BCUT2D eigenvalue weighted by Gasteiger charge is -2.30. The van der Waals surface area contributed by atoms with E-state index < -0.39 is 0 Å². The van der Waals surface area contributed by atoms with Crippen LogP contribution in [0.4, 0.5) is 0 Å². The van der Waals surface area contributed by atoms with Gasteiger partial charge in [-0.1, -0.05) is 0 Å². The van der Waals surface area contributed by atoms with Crippen molar-refractivity contribution >= 4 is 11.3 Å². The molecule has 2 aromatic heterocycles. The molecule has 2 nitrogen and oxygen atoms in total. The molecule has 0 spiro atoms. The summed E-state index contributed by atoms with van der Waals surface area (Å²) in [4.78, 5) is 1.60. The van der Waals surface area contributed by atoms with Gasteiger partial charge in [-0.2, -0.15) is 0 Å². The molecule has 0 aliphatic heterocycles. The van der Waals surface area contributed by atoms with Gasteiger partial charge in [0.25, 0.3) is 0 Å². The molecular weight excluding hydrogens is 242 g/mol. The van der Waals surface area contributed by atoms with E-state index in [9.17, 15) is 0 Å². The minimum atomic E-state index is 0.510. The molecule has 1 aliphatic rings. The number of nitrogens with one attached hydrogen (secondary N) is 1. The highest BCUT2D eigenvalue weighted by atomic mass is 32.1. The summed E-state index contributed by atoms with van der Waals surface area (Å²) in [5.74, 6) is 0.653. The predicted molar refractivity (Wildman–Crippen MR) is 75.3 cm³/mol. The molecule has 3 heteroatoms. The van der Waals surface area contributed by atoms with Gasteiger partial charge in [-0.15, -0.1) is 11.3 Å². The molecule has 1 N–H and O–H groups in total. The maximum Gasteiger partial charge on any atom is 0.0935 e. The van der Waals surface area contributed by atoms with Gasteiger partial charge in [0.1, 0.15) is 0 Å². The molecule has 18 heavy (non-hydrogen) atoms. The van der Waals surface area contributed by atoms with Gasteiger partial charge in [-0.05, 0) is 61.4 Å². The molecule has 2 heterocycles. The van der Waals surface area contributed by atoms with Crippen molar-refractivity contribution in [3.05, 3.63) is 46.0 Å². The highest BCUT2D eigenvalue weighted by molar-refractivity contribution is 7.10. The Labute approximate surface area is 112 Å². The standard InChI is InChI=1S/C15H19NOS/c1-16-14(9-11-5-7-17-10-11)12-3-2-4-15-13(12)6-8-18-15/h5-8,10,12,14,16H,2-4,9H2,1H3. The van der Waals surface area contributed by atoms with E-state index in [-0.39, 0.29) is 0 Å². The first kappa shape index (κ1) is 12.0. The van der Waals surface area contributed by atoms with Crippen molar-refractivity contribution in [1.82, 2.24) is 5.32 Å². The van der Waals surface area contributed by atoms with Gasteiger partial charge < -0.3 is 9.73 Å². The SMILES string of the molecule is CNC(Cc1ccoc1)C1CCCc2sccc21. The van der Waals surface area contributed by atoms with Crippen LogP contribution in [0.15, 0.2) is 34.5 Å². The molecule has 0 fully saturated rings. The average Bonchev–Trinajstić information content (AvgIpc) is 3.06. The van der Waals surface area contributed by atoms with Crippen LogP contribution in [0.5, 0.6) is 0 Å². The number of aryl methyl sites for hydroxylation is 1. The Bertz CT molecular complexity index is 488. The van der Waals surface area contributed by atoms with Gasteiger partial charge in [-0.25, -0.2) is 0 Å². The van der Waals surface area contributed by atoms with Crippen molar-refractivity contribution in [2.75, 3.05) is 7.05 Å². The Kier molecular flexibility index (Phi) is 3.52. The van der Waals surface area contributed by atoms with Crippen molar-refractivity contribution in [2.24, 2.45) is 0 Å². The Morgan fingerprint density at radius 3 is 3.22 bits per heavy atom. The number of furan rings is 1. The van der Waals surface area contributed by atoms with Crippen LogP contribution in [0, 0.1) is 0 Å². The van der Waals surface area contributed by atoms with Crippen LogP contribution in [0.25, 0.3) is 0 Å². The monoisotopic (exact) mass is 261 g/mol. The zero-order valence-electron chi connectivity index (χ0n) is 10.7. The normalized spacial score (nSPS) is 20.6. The minimum absolute atomic E-state index is 0.510. The highest BCUT2D eigenvalue weighted by Crippen LogP contribution is 2.37. The molecule has 2 aromatic rings. The molecule has 0 saturated carbocycles. The van der Waals surface area contributed by atoms with E-state index in [4.69, 9.17) is 4.42 Å². The predicted octanol–water partition coefficient (Wildman–Crippen LogP) is 3.59. The Morgan fingerprint density at radius 2 is 2.44 bits per heavy atom. The third-order valence-electron chi connectivity index (χ3n) is 3.99. The van der Waals surface area contributed by atoms with Gasteiger partial charge in [0, 0.05) is 16.8 Å². The molecule has 96 valence electrons. The minimum Gasteiger partial charge on any atom is -0.472 e. The van der Waals surface area contributed by atoms with Gasteiger partial charge >= 0.3 is 0 Å². The quantitative estimate of drug-likeness (QED) is 0.910. The molecule has 3 rings (SSSR count). The molecule has 0 bridgehead atoms. The van der Waals surface area contributed by atoms with Gasteiger partial charge in [0.15, 0.2) is 0 Å². The van der Waals surface area contributed by atoms with Crippen LogP contribution < -0.4 is 5.32 Å². The van der Waals surface area contributed by atoms with E-state index in [1.54, 1.807) is 16.7 Å². The highest BCUT2D eigenvalue weighted by Gasteiger charge is 2.27. The van der Waals surface area contributed by atoms with Gasteiger partial charge in [0.05, 0.1) is 12.5 Å². The smallest absolute Gasteiger partial charge is 0.0935 e. The molecule has 0 radical (unpaired) electrons. The molecule has 0 amide bonds. The van der Waals surface area contributed by atoms with Crippen molar-refractivity contribution in [1.29, 1.82) is 0 Å². The summed E-state index contributed by atoms with van der Waals surface area (Å²) < 4.78 is 5.18. The summed E-state index contributed by atoms with van der Waals surface area (Å²) in [5, 5.41) is 5.75. The van der Waals surface area contributed by atoms with Crippen LogP contribution in [0.3, 0.4) is 0 Å². The number of fused-ring (bicyclic) bond motifs is 1. The molecular formula is C15H19NOS. The molecule has 2 unspecified atom stereocenters. The third kappa shape index (κ3) is 2.25. The fraction of sp³-hybridized carbons (Fsp3) is 0.467. The largest absolute Gasteiger partial charge is 0.472 e. The lowest BCUT2D eigenvalue weighted by molar-refractivity contribution is 0.412. The number of rotatable bonds is 4. The van der Waals surface area contributed by atoms with Crippen LogP contribution in [-0.2, 0) is 12.8 Å². The van der Waals surface area contributed by atoms with Gasteiger partial charge in [-0.3, -0.25) is 0 Å². The van der Waals surface area contributed by atoms with Gasteiger partial charge in [0.2, 0.25) is 0 Å². The number of hydrogen-bond acceptors (Lipinski definition) is 3. The Hall–Kier alpha value is -1.06. The molecule has 2 atom stereocenters. The van der Waals surface area contributed by atoms with Crippen LogP contribution in [-0.4, -0.2) is 13.1 Å². The topological polar surface area (TPSA) is 25.2 Å². The second-order valence-corrected chi connectivity index (χ2v) is 6.03. The average molecular weight is 261 g/mol. The first-order valence-corrected chi connectivity index (χ1v) is 7.51. The number of hydrogen-bond donors (Lipinski definition) is 1. The maximum atomic E-state index is 5.18. The summed E-state index contributed by atoms with van der Waals surface area (Å²) >= 11 is 1.92. The zero-order chi connectivity index (χ0) is 12.4. The van der Waals surface area contributed by atoms with Crippen molar-refractivity contribution in [3.63, 3.8) is 0 Å². The van der Waals surface area contributed by atoms with E-state index >= 15 is 0 Å². The Morgan fingerprint density at radius 1 is 1.50 bits per heavy atom. The second-order valence-electron chi connectivity index (χ2n) is 5.03. The number of thiophene rings is 1. The van der Waals surface area contributed by atoms with E-state index in [0.717, 1.165) is 6.42 Å². The lowest BCUT2D eigenvalue weighted by atomic mass is 9.80. The van der Waals surface area contributed by atoms with Crippen LogP contribution >= 0.6 is 11.3 Å². The van der Waals surface area contributed by atoms with Crippen LogP contribution in [0.1, 0.15) is 34.8 Å². The zero-order valence-corrected chi connectivity index (χ0v) is 11.5. The summed E-state index contributed by atoms with van der Waals surface area (Å²) in [5.41, 5.74) is 2.87. The first-order chi connectivity index (χ1) is 8.88. The van der Waals surface area contributed by atoms with Crippen molar-refractivity contribution < 1.29 is 4.42 Å².